The highest BCUT2D eigenvalue weighted by molar-refractivity contribution is 7.79. The standard InChI is InChI=1S/C4H12O4P.CH4N2O.H2O4S/c5-1-9(2-6,3-7)4-8;2-1(3)4;1-5(2,3)4/h5-8H,1-4H2;(H4,2,3,4);(H2,1,2,3,4)/q+1;;/p-1. The second kappa shape index (κ2) is 11.5. The van der Waals surface area contributed by atoms with Gasteiger partial charge in [-0.1, -0.05) is 0 Å². The fourth-order valence-corrected chi connectivity index (χ4v) is 0.805. The first-order valence-corrected chi connectivity index (χ1v) is 7.89. The third-order valence-corrected chi connectivity index (χ3v) is 3.60. The van der Waals surface area contributed by atoms with Gasteiger partial charge in [-0.3, -0.25) is 4.55 Å². The summed E-state index contributed by atoms with van der Waals surface area (Å²) in [6.45, 7) is 0. The van der Waals surface area contributed by atoms with Gasteiger partial charge < -0.3 is 36.4 Å². The zero-order valence-corrected chi connectivity index (χ0v) is 10.9. The van der Waals surface area contributed by atoms with Gasteiger partial charge in [-0.2, -0.15) is 0 Å². The Morgan fingerprint density at radius 1 is 1.00 bits per heavy atom. The molecule has 0 atom stereocenters. The summed E-state index contributed by atoms with van der Waals surface area (Å²) < 4.78 is 32.8. The maximum atomic E-state index is 9.00. The molecular formula is C5H17N2O9PS. The van der Waals surface area contributed by atoms with Crippen molar-refractivity contribution >= 4 is 23.7 Å². The molecule has 112 valence electrons. The molecular weight excluding hydrogens is 295 g/mol. The summed E-state index contributed by atoms with van der Waals surface area (Å²) >= 11 is 0. The molecule has 0 rings (SSSR count). The van der Waals surface area contributed by atoms with Crippen molar-refractivity contribution in [3.63, 3.8) is 0 Å². The summed E-state index contributed by atoms with van der Waals surface area (Å²) in [4.78, 5) is 9.00. The Kier molecular flexibility index (Phi) is 14.4. The second-order valence-corrected chi connectivity index (χ2v) is 7.41. The zero-order valence-electron chi connectivity index (χ0n) is 9.21. The third-order valence-electron chi connectivity index (χ3n) is 1.20. The lowest BCUT2D eigenvalue weighted by Crippen LogP contribution is -2.18. The largest absolute Gasteiger partial charge is 0.726 e. The Morgan fingerprint density at radius 2 is 1.11 bits per heavy atom. The highest BCUT2D eigenvalue weighted by atomic mass is 32.3. The first-order chi connectivity index (χ1) is 7.97. The molecule has 0 saturated carbocycles. The molecule has 0 aliphatic heterocycles. The Labute approximate surface area is 104 Å². The third kappa shape index (κ3) is 24.6. The Hall–Kier alpha value is -0.590. The molecule has 13 heteroatoms. The van der Waals surface area contributed by atoms with E-state index >= 15 is 0 Å². The van der Waals surface area contributed by atoms with E-state index in [2.05, 4.69) is 11.5 Å². The van der Waals surface area contributed by atoms with Gasteiger partial charge in [-0.25, -0.2) is 13.2 Å². The van der Waals surface area contributed by atoms with Crippen LogP contribution in [0.2, 0.25) is 0 Å². The van der Waals surface area contributed by atoms with Crippen molar-refractivity contribution in [3.05, 3.63) is 0 Å². The van der Waals surface area contributed by atoms with E-state index in [1.807, 2.05) is 0 Å². The molecule has 0 fully saturated rings. The van der Waals surface area contributed by atoms with Crippen molar-refractivity contribution in [2.45, 2.75) is 0 Å². The average Bonchev–Trinajstić information content (AvgIpc) is 2.19. The molecule has 0 unspecified atom stereocenters. The van der Waals surface area contributed by atoms with Crippen molar-refractivity contribution in [2.75, 3.05) is 25.4 Å². The molecule has 2 amide bonds. The van der Waals surface area contributed by atoms with Crippen LogP contribution in [-0.4, -0.2) is 69.4 Å². The molecule has 11 nitrogen and oxygen atoms in total. The number of urea groups is 1. The quantitative estimate of drug-likeness (QED) is 0.157. The number of carbonyl (C=O) groups excluding carboxylic acids is 1. The van der Waals surface area contributed by atoms with Crippen molar-refractivity contribution in [2.24, 2.45) is 11.5 Å². The van der Waals surface area contributed by atoms with Crippen LogP contribution in [0.5, 0.6) is 0 Å². The topological polar surface area (TPSA) is 227 Å². The maximum Gasteiger partial charge on any atom is 0.309 e. The summed E-state index contributed by atoms with van der Waals surface area (Å²) in [6, 6.07) is -0.833. The molecule has 0 aromatic heterocycles. The average molecular weight is 312 g/mol. The van der Waals surface area contributed by atoms with E-state index in [4.69, 9.17) is 42.7 Å². The monoisotopic (exact) mass is 312 g/mol. The highest BCUT2D eigenvalue weighted by Gasteiger charge is 2.34. The first kappa shape index (κ1) is 22.6. The zero-order chi connectivity index (χ0) is 15.4. The van der Waals surface area contributed by atoms with E-state index in [1.54, 1.807) is 0 Å². The predicted molar refractivity (Wildman–Crippen MR) is 61.4 cm³/mol. The van der Waals surface area contributed by atoms with Crippen LogP contribution in [0.15, 0.2) is 0 Å². The fraction of sp³-hybridized carbons (Fsp3) is 0.800. The summed E-state index contributed by atoms with van der Waals surface area (Å²) in [5.74, 6) is 0. The molecule has 18 heavy (non-hydrogen) atoms. The van der Waals surface area contributed by atoms with E-state index in [0.717, 1.165) is 0 Å². The highest BCUT2D eigenvalue weighted by Crippen LogP contribution is 2.54. The molecule has 0 aliphatic rings. The Balaban J connectivity index is -0.000000212. The van der Waals surface area contributed by atoms with Crippen LogP contribution in [0.1, 0.15) is 0 Å². The minimum atomic E-state index is -4.92. The fourth-order valence-electron chi connectivity index (χ4n) is 0.268. The van der Waals surface area contributed by atoms with E-state index < -0.39 is 23.7 Å². The van der Waals surface area contributed by atoms with E-state index in [-0.39, 0.29) is 25.4 Å². The van der Waals surface area contributed by atoms with Crippen LogP contribution in [-0.2, 0) is 10.4 Å². The van der Waals surface area contributed by atoms with Crippen molar-refractivity contribution in [1.29, 1.82) is 0 Å². The Morgan fingerprint density at radius 3 is 1.11 bits per heavy atom. The van der Waals surface area contributed by atoms with Crippen molar-refractivity contribution < 1.29 is 42.7 Å². The van der Waals surface area contributed by atoms with Crippen LogP contribution in [0.25, 0.3) is 0 Å². The van der Waals surface area contributed by atoms with Gasteiger partial charge in [-0.05, 0) is 0 Å². The lowest BCUT2D eigenvalue weighted by atomic mass is 11.2. The molecule has 0 aliphatic carbocycles. The molecule has 0 spiro atoms. The SMILES string of the molecule is NC(N)=O.O=S(=O)([O-])O.OC[P+](CO)(CO)CO. The summed E-state index contributed by atoms with van der Waals surface area (Å²) in [6.07, 6.45) is -1.18. The van der Waals surface area contributed by atoms with Crippen LogP contribution in [0.3, 0.4) is 0 Å². The molecule has 0 bridgehead atoms. The van der Waals surface area contributed by atoms with E-state index in [1.165, 1.54) is 0 Å². The molecule has 0 radical (unpaired) electrons. The van der Waals surface area contributed by atoms with Crippen LogP contribution < -0.4 is 11.5 Å². The molecule has 0 saturated heterocycles. The maximum absolute atomic E-state index is 9.00. The summed E-state index contributed by atoms with van der Waals surface area (Å²) in [5, 5.41) is 34.2. The van der Waals surface area contributed by atoms with Gasteiger partial charge in [-0.15, -0.1) is 0 Å². The Bertz CT molecular complexity index is 275. The van der Waals surface area contributed by atoms with Gasteiger partial charge in [0.2, 0.25) is 10.4 Å². The molecule has 9 N–H and O–H groups in total. The number of aliphatic hydroxyl groups is 4. The second-order valence-electron chi connectivity index (χ2n) is 2.74. The van der Waals surface area contributed by atoms with Crippen molar-refractivity contribution in [1.82, 2.24) is 0 Å². The number of amides is 2. The van der Waals surface area contributed by atoms with Crippen LogP contribution in [0, 0.1) is 0 Å². The number of rotatable bonds is 4. The van der Waals surface area contributed by atoms with Crippen LogP contribution >= 0.6 is 7.26 Å². The summed E-state index contributed by atoms with van der Waals surface area (Å²) in [5.41, 5.74) is 8.50. The van der Waals surface area contributed by atoms with Gasteiger partial charge in [0.1, 0.15) is 7.26 Å². The summed E-state index contributed by atoms with van der Waals surface area (Å²) in [7, 11) is -7.11. The lowest BCUT2D eigenvalue weighted by Gasteiger charge is -2.15. The van der Waals surface area contributed by atoms with E-state index in [0.29, 0.717) is 0 Å². The minimum absolute atomic E-state index is 0.295. The first-order valence-electron chi connectivity index (χ1n) is 3.99. The number of aliphatic hydroxyl groups excluding tert-OH is 4. The lowest BCUT2D eigenvalue weighted by molar-refractivity contribution is 0.256. The smallest absolute Gasteiger partial charge is 0.309 e. The number of nitrogens with two attached hydrogens (primary N) is 2. The number of primary amides is 2. The normalized spacial score (nSPS) is 10.6. The van der Waals surface area contributed by atoms with E-state index in [9.17, 15) is 0 Å². The van der Waals surface area contributed by atoms with Gasteiger partial charge in [0, 0.05) is 0 Å². The number of hydrogen-bond donors (Lipinski definition) is 7. The number of hydrogen-bond acceptors (Lipinski definition) is 8. The number of carbonyl (C=O) groups is 1. The molecule has 0 aromatic carbocycles. The van der Waals surface area contributed by atoms with Gasteiger partial charge in [0.25, 0.3) is 0 Å². The van der Waals surface area contributed by atoms with Gasteiger partial charge in [0.05, 0.1) is 0 Å². The van der Waals surface area contributed by atoms with Gasteiger partial charge in [0.15, 0.2) is 25.4 Å². The van der Waals surface area contributed by atoms with Crippen LogP contribution in [0.4, 0.5) is 4.79 Å². The predicted octanol–water partition coefficient (Wildman–Crippen LogP) is -3.17. The van der Waals surface area contributed by atoms with Gasteiger partial charge >= 0.3 is 6.03 Å². The molecule has 0 aromatic rings. The van der Waals surface area contributed by atoms with Crippen molar-refractivity contribution in [3.8, 4) is 0 Å². The molecule has 0 heterocycles. The minimum Gasteiger partial charge on any atom is -0.726 e.